The van der Waals surface area contributed by atoms with Crippen LogP contribution >= 0.6 is 11.8 Å². The van der Waals surface area contributed by atoms with Gasteiger partial charge in [0.1, 0.15) is 18.6 Å². The largest absolute Gasteiger partial charge is 0.477 e. The number of likely N-dealkylation sites (tertiary alicyclic amines) is 1. The molecular weight excluding hydrogens is 518 g/mol. The average Bonchev–Trinajstić information content (AvgIpc) is 3.63. The lowest BCUT2D eigenvalue weighted by Gasteiger charge is -2.47. The Hall–Kier alpha value is -2.88. The third kappa shape index (κ3) is 4.72. The normalized spacial score (nSPS) is 33.5. The van der Waals surface area contributed by atoms with E-state index >= 15 is 0 Å². The second-order valence-corrected chi connectivity index (χ2v) is 11.9. The zero-order valence-corrected chi connectivity index (χ0v) is 21.8. The average molecular weight is 550 g/mol. The molecule has 5 rings (SSSR count). The number of β-lactam (4-membered cyclic amide) rings is 1. The first-order valence-electron chi connectivity index (χ1n) is 12.6. The molecule has 38 heavy (non-hydrogen) atoms. The van der Waals surface area contributed by atoms with Crippen molar-refractivity contribution in [3.05, 3.63) is 16.9 Å². The molecule has 0 radical (unpaired) electrons. The van der Waals surface area contributed by atoms with Gasteiger partial charge < -0.3 is 30.4 Å². The van der Waals surface area contributed by atoms with Crippen molar-refractivity contribution in [2.75, 3.05) is 19.6 Å². The van der Waals surface area contributed by atoms with Gasteiger partial charge in [0.15, 0.2) is 5.78 Å². The van der Waals surface area contributed by atoms with Crippen LogP contribution in [0.2, 0.25) is 0 Å². The highest BCUT2D eigenvalue weighted by atomic mass is 32.2. The van der Waals surface area contributed by atoms with Gasteiger partial charge >= 0.3 is 5.97 Å². The topological polar surface area (TPSA) is 191 Å². The lowest BCUT2D eigenvalue weighted by atomic mass is 9.73. The Kier molecular flexibility index (Phi) is 7.28. The molecule has 0 aliphatic carbocycles. The van der Waals surface area contributed by atoms with Crippen molar-refractivity contribution in [3.63, 3.8) is 0 Å². The molecule has 1 aromatic rings. The van der Waals surface area contributed by atoms with Crippen LogP contribution in [0.1, 0.15) is 26.7 Å². The quantitative estimate of drug-likeness (QED) is 0.250. The van der Waals surface area contributed by atoms with Gasteiger partial charge in [-0.3, -0.25) is 14.4 Å². The Morgan fingerprint density at radius 3 is 2.58 bits per heavy atom. The molecule has 0 saturated carbocycles. The minimum atomic E-state index is -1.17. The number of fused-ring (bicyclic) bond motifs is 1. The molecule has 206 valence electrons. The van der Waals surface area contributed by atoms with Gasteiger partial charge in [-0.1, -0.05) is 13.8 Å². The maximum absolute atomic E-state index is 13.1. The summed E-state index contributed by atoms with van der Waals surface area (Å²) in [7, 11) is 0. The minimum Gasteiger partial charge on any atom is -0.477 e. The van der Waals surface area contributed by atoms with Crippen LogP contribution in [0.5, 0.6) is 0 Å². The fraction of sp³-hybridized carbons (Fsp3) is 0.696. The van der Waals surface area contributed by atoms with Crippen molar-refractivity contribution in [3.8, 4) is 0 Å². The first-order valence-corrected chi connectivity index (χ1v) is 13.5. The number of carboxylic acid groups (broad SMARTS) is 1. The van der Waals surface area contributed by atoms with E-state index in [1.807, 2.05) is 13.8 Å². The van der Waals surface area contributed by atoms with Gasteiger partial charge in [-0.25, -0.2) is 9.48 Å². The van der Waals surface area contributed by atoms with Crippen molar-refractivity contribution < 1.29 is 34.5 Å². The molecule has 4 N–H and O–H groups in total. The Bertz CT molecular complexity index is 1150. The number of nitrogens with zero attached hydrogens (tertiary/aromatic N) is 6. The molecule has 14 nitrogen and oxygen atoms in total. The molecule has 4 aliphatic rings. The van der Waals surface area contributed by atoms with E-state index < -0.39 is 30.1 Å². The predicted molar refractivity (Wildman–Crippen MR) is 131 cm³/mol. The highest BCUT2D eigenvalue weighted by Gasteiger charge is 2.60. The summed E-state index contributed by atoms with van der Waals surface area (Å²) >= 11 is 1.38. The van der Waals surface area contributed by atoms with E-state index in [9.17, 15) is 34.5 Å². The first kappa shape index (κ1) is 26.7. The number of amides is 2. The van der Waals surface area contributed by atoms with E-state index in [1.54, 1.807) is 0 Å². The number of Topliss-reactive ketones (excluding diaryl/α,β-unsaturated/α-hetero) is 1. The molecule has 0 bridgehead atoms. The van der Waals surface area contributed by atoms with Crippen molar-refractivity contribution >= 4 is 35.3 Å². The molecule has 8 atom stereocenters. The summed E-state index contributed by atoms with van der Waals surface area (Å²) in [6, 6.07) is -0.834. The fourth-order valence-electron chi connectivity index (χ4n) is 6.08. The van der Waals surface area contributed by atoms with Crippen LogP contribution in [-0.2, 0) is 25.7 Å². The lowest BCUT2D eigenvalue weighted by Crippen LogP contribution is -2.62. The highest BCUT2D eigenvalue weighted by Crippen LogP contribution is 2.53. The summed E-state index contributed by atoms with van der Waals surface area (Å²) < 4.78 is 1.32. The van der Waals surface area contributed by atoms with Crippen LogP contribution in [-0.4, -0.2) is 118 Å². The number of aliphatic hydroxyl groups is 2. The van der Waals surface area contributed by atoms with Crippen molar-refractivity contribution in [1.82, 2.24) is 35.3 Å². The Morgan fingerprint density at radius 2 is 1.95 bits per heavy atom. The number of thioether (sulfide) groups is 1. The number of aromatic nitrogens is 4. The summed E-state index contributed by atoms with van der Waals surface area (Å²) in [5.74, 6) is -2.76. The number of tetrazole rings is 1. The van der Waals surface area contributed by atoms with Crippen molar-refractivity contribution in [2.45, 2.75) is 62.8 Å². The van der Waals surface area contributed by atoms with Crippen LogP contribution in [0.4, 0.5) is 0 Å². The number of ketones is 1. The molecule has 3 saturated heterocycles. The minimum absolute atomic E-state index is 0.00578. The molecule has 3 fully saturated rings. The number of hydrogen-bond donors (Lipinski definition) is 4. The van der Waals surface area contributed by atoms with Gasteiger partial charge in [-0.05, 0) is 22.8 Å². The molecular formula is C23H31N7O7S. The van der Waals surface area contributed by atoms with Gasteiger partial charge in [-0.15, -0.1) is 16.9 Å². The number of carbonyl (C=O) groups is 4. The zero-order chi connectivity index (χ0) is 27.3. The molecule has 1 aromatic heterocycles. The molecule has 1 unspecified atom stereocenters. The van der Waals surface area contributed by atoms with Gasteiger partial charge in [0.2, 0.25) is 11.8 Å². The van der Waals surface area contributed by atoms with E-state index in [0.29, 0.717) is 17.9 Å². The third-order valence-corrected chi connectivity index (χ3v) is 9.45. The summed E-state index contributed by atoms with van der Waals surface area (Å²) in [5.41, 5.74) is -0.0125. The SMILES string of the molecule is C[C@@H](CC(=O)Cn1cnnn1)[C@H]1C(=O)N2C(C(=O)O)=C(S[C@@H]3CNC(C(=O)N4C[C@@H](O)[C@H](O)C4)C3)[C@H](C)[C@H]12. The van der Waals surface area contributed by atoms with E-state index in [0.717, 1.165) is 0 Å². The predicted octanol–water partition coefficient (Wildman–Crippen LogP) is -1.93. The molecule has 0 aromatic carbocycles. The lowest BCUT2D eigenvalue weighted by molar-refractivity contribution is -0.160. The fourth-order valence-corrected chi connectivity index (χ4v) is 7.56. The molecule has 0 spiro atoms. The molecule has 15 heteroatoms. The maximum Gasteiger partial charge on any atom is 0.353 e. The summed E-state index contributed by atoms with van der Waals surface area (Å²) in [6.07, 6.45) is 0.0346. The van der Waals surface area contributed by atoms with Crippen LogP contribution < -0.4 is 5.32 Å². The Balaban J connectivity index is 1.23. The van der Waals surface area contributed by atoms with Gasteiger partial charge in [-0.2, -0.15) is 0 Å². The number of carbonyl (C=O) groups excluding carboxylic acids is 3. The number of β-amino-alcohol motifs (C(OH)–C–C–N with tert-alkyl or cyclic N) is 2. The third-order valence-electron chi connectivity index (χ3n) is 7.94. The monoisotopic (exact) mass is 549 g/mol. The zero-order valence-electron chi connectivity index (χ0n) is 21.0. The first-order chi connectivity index (χ1) is 18.1. The Morgan fingerprint density at radius 1 is 1.24 bits per heavy atom. The molecule has 4 aliphatic heterocycles. The summed E-state index contributed by atoms with van der Waals surface area (Å²) in [4.78, 5) is 54.2. The van der Waals surface area contributed by atoms with Crippen LogP contribution in [0.15, 0.2) is 16.9 Å². The van der Waals surface area contributed by atoms with Crippen LogP contribution in [0.25, 0.3) is 0 Å². The molecule has 5 heterocycles. The second-order valence-electron chi connectivity index (χ2n) is 10.6. The standard InChI is InChI=1S/C23H31N7O7S/c1-10(3-12(31)6-29-9-25-26-27-29)17-18-11(2)20(19(23(36)37)30(18)22(17)35)38-13-4-14(24-5-13)21(34)28-7-15(32)16(33)8-28/h9-11,13-18,24,32-33H,3-8H2,1-2H3,(H,36,37)/t10-,11+,13-,14?,15+,16+,17+,18+/m0/s1. The van der Waals surface area contributed by atoms with Crippen LogP contribution in [0, 0.1) is 17.8 Å². The van der Waals surface area contributed by atoms with Crippen molar-refractivity contribution in [1.29, 1.82) is 0 Å². The van der Waals surface area contributed by atoms with E-state index in [1.165, 1.54) is 32.6 Å². The van der Waals surface area contributed by atoms with E-state index in [-0.39, 0.29) is 72.5 Å². The second kappa shape index (κ2) is 10.4. The summed E-state index contributed by atoms with van der Waals surface area (Å²) in [5, 5.41) is 43.3. The van der Waals surface area contributed by atoms with Crippen molar-refractivity contribution in [2.24, 2.45) is 17.8 Å². The molecule has 2 amide bonds. The van der Waals surface area contributed by atoms with Gasteiger partial charge in [0, 0.05) is 42.1 Å². The number of hydrogen-bond acceptors (Lipinski definition) is 11. The summed E-state index contributed by atoms with van der Waals surface area (Å²) in [6.45, 7) is 4.39. The highest BCUT2D eigenvalue weighted by molar-refractivity contribution is 8.03. The number of aliphatic carboxylic acids is 1. The van der Waals surface area contributed by atoms with Crippen LogP contribution in [0.3, 0.4) is 0 Å². The maximum atomic E-state index is 13.1. The van der Waals surface area contributed by atoms with Gasteiger partial charge in [0.25, 0.3) is 0 Å². The van der Waals surface area contributed by atoms with E-state index in [4.69, 9.17) is 0 Å². The number of nitrogens with one attached hydrogen (secondary N) is 1. The Labute approximate surface area is 222 Å². The smallest absolute Gasteiger partial charge is 0.353 e. The van der Waals surface area contributed by atoms with Gasteiger partial charge in [0.05, 0.1) is 30.2 Å². The number of rotatable bonds is 9. The number of carboxylic acids is 1. The van der Waals surface area contributed by atoms with E-state index in [2.05, 4.69) is 20.8 Å². The number of aliphatic hydroxyl groups excluding tert-OH is 2.